The molecular formula is C27H34N6O7. The first-order valence-corrected chi connectivity index (χ1v) is 13.0. The van der Waals surface area contributed by atoms with Gasteiger partial charge in [-0.1, -0.05) is 32.9 Å². The van der Waals surface area contributed by atoms with Crippen LogP contribution in [0.25, 0.3) is 5.69 Å². The number of aromatic nitrogens is 2. The fraction of sp³-hybridized carbons (Fsp3) is 0.481. The number of nitrogens with zero attached hydrogens (tertiary/aromatic N) is 5. The van der Waals surface area contributed by atoms with Crippen LogP contribution in [0, 0.1) is 5.41 Å². The molecule has 3 heterocycles. The smallest absolute Gasteiger partial charge is 0.410 e. The molecule has 13 heteroatoms. The Bertz CT molecular complexity index is 1340. The number of nitrogens with one attached hydrogen (secondary N) is 1. The Morgan fingerprint density at radius 1 is 1.10 bits per heavy atom. The van der Waals surface area contributed by atoms with E-state index in [1.54, 1.807) is 36.1 Å². The van der Waals surface area contributed by atoms with E-state index in [1.807, 2.05) is 20.8 Å². The van der Waals surface area contributed by atoms with Gasteiger partial charge in [0.15, 0.2) is 0 Å². The summed E-state index contributed by atoms with van der Waals surface area (Å²) in [5.41, 5.74) is -1.09. The van der Waals surface area contributed by atoms with Crippen LogP contribution in [0.5, 0.6) is 0 Å². The molecule has 2 atom stereocenters. The molecule has 1 aromatic heterocycles. The zero-order chi connectivity index (χ0) is 29.2. The van der Waals surface area contributed by atoms with Crippen LogP contribution in [0.1, 0.15) is 33.3 Å². The maximum absolute atomic E-state index is 13.5. The van der Waals surface area contributed by atoms with Gasteiger partial charge in [0.05, 0.1) is 12.3 Å². The van der Waals surface area contributed by atoms with Crippen molar-refractivity contribution in [3.05, 3.63) is 52.6 Å². The fourth-order valence-corrected chi connectivity index (χ4v) is 4.96. The molecule has 2 aliphatic heterocycles. The number of piperazine rings is 1. The lowest BCUT2D eigenvalue weighted by atomic mass is 9.91. The summed E-state index contributed by atoms with van der Waals surface area (Å²) in [4.78, 5) is 69.8. The van der Waals surface area contributed by atoms with Crippen LogP contribution in [0.4, 0.5) is 15.4 Å². The third kappa shape index (κ3) is 5.69. The maximum Gasteiger partial charge on any atom is 0.410 e. The number of urea groups is 1. The molecule has 2 aliphatic rings. The Kier molecular flexibility index (Phi) is 7.96. The number of carbonyl (C=O) groups is 4. The number of carbonyl (C=O) groups excluding carboxylic acids is 3. The Labute approximate surface area is 231 Å². The van der Waals surface area contributed by atoms with E-state index in [1.165, 1.54) is 21.7 Å². The molecule has 13 nitrogen and oxygen atoms in total. The minimum atomic E-state index is -1.38. The van der Waals surface area contributed by atoms with Gasteiger partial charge in [-0.05, 0) is 30.7 Å². The molecule has 0 spiro atoms. The Hall–Kier alpha value is -4.26. The molecule has 0 bridgehead atoms. The summed E-state index contributed by atoms with van der Waals surface area (Å²) >= 11 is 0. The molecule has 2 N–H and O–H groups in total. The lowest BCUT2D eigenvalue weighted by molar-refractivity contribution is -0.143. The van der Waals surface area contributed by atoms with E-state index in [2.05, 4.69) is 10.3 Å². The second kappa shape index (κ2) is 11.1. The Morgan fingerprint density at radius 2 is 1.73 bits per heavy atom. The van der Waals surface area contributed by atoms with Crippen molar-refractivity contribution in [3.63, 3.8) is 0 Å². The third-order valence-electron chi connectivity index (χ3n) is 7.12. The predicted octanol–water partition coefficient (Wildman–Crippen LogP) is 1.79. The molecule has 1 aromatic carbocycles. The average Bonchev–Trinajstić information content (AvgIpc) is 3.28. The standard InChI is InChI=1S/C27H34N6O7/c1-26(2,3)22-33(25(38)39)27(4,17-40-22)21(35)30-12-14-31(15-13-30)23(36)28-20-9-11-32(24(37)29-20)19-7-5-18(6-8-19)10-16-34/h5-9,11,16,22H,10,12-15,17H2,1-4H3,(H,38,39)(H,28,29,36,37)/t22-,27+/m0/s1. The van der Waals surface area contributed by atoms with Gasteiger partial charge < -0.3 is 24.4 Å². The highest BCUT2D eigenvalue weighted by Crippen LogP contribution is 2.38. The van der Waals surface area contributed by atoms with Crippen molar-refractivity contribution in [1.29, 1.82) is 0 Å². The number of amides is 4. The number of hydrogen-bond donors (Lipinski definition) is 2. The van der Waals surface area contributed by atoms with Crippen LogP contribution in [-0.2, 0) is 20.7 Å². The number of ether oxygens (including phenoxy) is 1. The quantitative estimate of drug-likeness (QED) is 0.530. The van der Waals surface area contributed by atoms with Crippen LogP contribution >= 0.6 is 0 Å². The van der Waals surface area contributed by atoms with Crippen LogP contribution in [0.3, 0.4) is 0 Å². The van der Waals surface area contributed by atoms with Gasteiger partial charge in [-0.25, -0.2) is 14.4 Å². The van der Waals surface area contributed by atoms with Crippen LogP contribution in [0.15, 0.2) is 41.3 Å². The zero-order valence-electron chi connectivity index (χ0n) is 23.0. The Morgan fingerprint density at radius 3 is 2.27 bits per heavy atom. The number of benzene rings is 1. The maximum atomic E-state index is 13.5. The summed E-state index contributed by atoms with van der Waals surface area (Å²) in [6.45, 7) is 7.94. The minimum absolute atomic E-state index is 0.0547. The summed E-state index contributed by atoms with van der Waals surface area (Å²) in [7, 11) is 0. The third-order valence-corrected chi connectivity index (χ3v) is 7.12. The van der Waals surface area contributed by atoms with Gasteiger partial charge in [0.2, 0.25) is 0 Å². The van der Waals surface area contributed by atoms with Gasteiger partial charge in [-0.15, -0.1) is 0 Å². The molecule has 2 fully saturated rings. The van der Waals surface area contributed by atoms with E-state index >= 15 is 0 Å². The molecule has 4 rings (SSSR count). The first kappa shape index (κ1) is 28.7. The Balaban J connectivity index is 1.36. The minimum Gasteiger partial charge on any atom is -0.465 e. The van der Waals surface area contributed by atoms with Crippen molar-refractivity contribution in [2.24, 2.45) is 5.41 Å². The number of carboxylic acid groups (broad SMARTS) is 1. The van der Waals surface area contributed by atoms with Gasteiger partial charge in [0, 0.05) is 44.2 Å². The number of hydrogen-bond acceptors (Lipinski definition) is 7. The molecule has 0 saturated carbocycles. The second-order valence-electron chi connectivity index (χ2n) is 11.2. The van der Waals surface area contributed by atoms with E-state index in [-0.39, 0.29) is 50.9 Å². The van der Waals surface area contributed by atoms with E-state index in [0.717, 1.165) is 16.7 Å². The fourth-order valence-electron chi connectivity index (χ4n) is 4.96. The van der Waals surface area contributed by atoms with Gasteiger partial charge in [-0.3, -0.25) is 19.6 Å². The van der Waals surface area contributed by atoms with Gasteiger partial charge in [0.1, 0.15) is 23.9 Å². The molecule has 40 heavy (non-hydrogen) atoms. The first-order chi connectivity index (χ1) is 18.8. The van der Waals surface area contributed by atoms with E-state index < -0.39 is 35.0 Å². The highest BCUT2D eigenvalue weighted by Gasteiger charge is 2.56. The molecule has 2 aromatic rings. The second-order valence-corrected chi connectivity index (χ2v) is 11.2. The highest BCUT2D eigenvalue weighted by molar-refractivity contribution is 5.91. The normalized spacial score (nSPS) is 21.3. The summed E-state index contributed by atoms with van der Waals surface area (Å²) < 4.78 is 7.10. The molecule has 214 valence electrons. The van der Waals surface area contributed by atoms with E-state index in [9.17, 15) is 29.1 Å². The molecule has 0 unspecified atom stereocenters. The van der Waals surface area contributed by atoms with E-state index in [0.29, 0.717) is 5.69 Å². The first-order valence-electron chi connectivity index (χ1n) is 13.0. The van der Waals surface area contributed by atoms with Crippen molar-refractivity contribution in [2.45, 2.75) is 45.9 Å². The number of aldehydes is 1. The lowest BCUT2D eigenvalue weighted by Crippen LogP contribution is -2.63. The predicted molar refractivity (Wildman–Crippen MR) is 144 cm³/mol. The van der Waals surface area contributed by atoms with Crippen molar-refractivity contribution in [3.8, 4) is 5.69 Å². The SMILES string of the molecule is CC(C)(C)[C@@H]1OC[C@](C)(C(=O)N2CCN(C(=O)Nc3ccn(-c4ccc(CC=O)cc4)c(=O)n3)CC2)N1C(=O)O. The molecule has 4 amide bonds. The number of rotatable bonds is 5. The molecule has 2 saturated heterocycles. The monoisotopic (exact) mass is 554 g/mol. The molecular weight excluding hydrogens is 520 g/mol. The van der Waals surface area contributed by atoms with Crippen molar-refractivity contribution < 1.29 is 29.0 Å². The number of anilines is 1. The van der Waals surface area contributed by atoms with Crippen LogP contribution in [-0.4, -0.2) is 98.2 Å². The van der Waals surface area contributed by atoms with Gasteiger partial charge >= 0.3 is 17.8 Å². The molecule has 0 aliphatic carbocycles. The van der Waals surface area contributed by atoms with Gasteiger partial charge in [-0.2, -0.15) is 4.98 Å². The van der Waals surface area contributed by atoms with Crippen molar-refractivity contribution in [1.82, 2.24) is 24.3 Å². The topological polar surface area (TPSA) is 154 Å². The van der Waals surface area contributed by atoms with Crippen LogP contribution < -0.4 is 11.0 Å². The lowest BCUT2D eigenvalue weighted by Gasteiger charge is -2.42. The largest absolute Gasteiger partial charge is 0.465 e. The highest BCUT2D eigenvalue weighted by atomic mass is 16.5. The van der Waals surface area contributed by atoms with E-state index in [4.69, 9.17) is 4.74 Å². The summed E-state index contributed by atoms with van der Waals surface area (Å²) in [5, 5.41) is 12.5. The zero-order valence-corrected chi connectivity index (χ0v) is 23.0. The summed E-state index contributed by atoms with van der Waals surface area (Å²) in [6, 6.07) is 7.95. The summed E-state index contributed by atoms with van der Waals surface area (Å²) in [6.07, 6.45) is 0.594. The molecule has 0 radical (unpaired) electrons. The van der Waals surface area contributed by atoms with Crippen molar-refractivity contribution in [2.75, 3.05) is 38.1 Å². The average molecular weight is 555 g/mol. The summed E-state index contributed by atoms with van der Waals surface area (Å²) in [5.74, 6) is -0.283. The van der Waals surface area contributed by atoms with Crippen LogP contribution in [0.2, 0.25) is 0 Å². The van der Waals surface area contributed by atoms with Gasteiger partial charge in [0.25, 0.3) is 5.91 Å². The van der Waals surface area contributed by atoms with Crippen molar-refractivity contribution >= 4 is 30.1 Å².